The van der Waals surface area contributed by atoms with Gasteiger partial charge in [0.25, 0.3) is 0 Å². The Hall–Kier alpha value is -2.50. The Balaban J connectivity index is 1.76. The van der Waals surface area contributed by atoms with Crippen molar-refractivity contribution in [2.24, 2.45) is 5.73 Å². The minimum absolute atomic E-state index is 0.339. The van der Waals surface area contributed by atoms with Crippen molar-refractivity contribution in [3.8, 4) is 0 Å². The maximum atomic E-state index is 11.1. The predicted octanol–water partition coefficient (Wildman–Crippen LogP) is 1.66. The van der Waals surface area contributed by atoms with Gasteiger partial charge in [-0.25, -0.2) is 9.97 Å². The molecule has 2 aromatic heterocycles. The van der Waals surface area contributed by atoms with Gasteiger partial charge in [-0.3, -0.25) is 9.78 Å². The molecule has 0 unspecified atom stereocenters. The van der Waals surface area contributed by atoms with E-state index in [1.165, 1.54) is 0 Å². The van der Waals surface area contributed by atoms with Crippen molar-refractivity contribution in [1.82, 2.24) is 15.0 Å². The topological polar surface area (TPSA) is 85.0 Å². The van der Waals surface area contributed by atoms with Crippen molar-refractivity contribution >= 4 is 11.7 Å². The lowest BCUT2D eigenvalue weighted by Crippen LogP contribution is -2.35. The quantitative estimate of drug-likeness (QED) is 0.931. The van der Waals surface area contributed by atoms with Crippen LogP contribution in [-0.2, 0) is 0 Å². The Morgan fingerprint density at radius 1 is 1.32 bits per heavy atom. The Morgan fingerprint density at radius 3 is 2.86 bits per heavy atom. The highest BCUT2D eigenvalue weighted by atomic mass is 16.1. The van der Waals surface area contributed by atoms with Gasteiger partial charge < -0.3 is 10.6 Å². The number of aryl methyl sites for hydroxylation is 1. The largest absolute Gasteiger partial charge is 0.366 e. The van der Waals surface area contributed by atoms with E-state index in [0.717, 1.165) is 43.1 Å². The van der Waals surface area contributed by atoms with Gasteiger partial charge in [-0.15, -0.1) is 0 Å². The van der Waals surface area contributed by atoms with Crippen LogP contribution in [0.2, 0.25) is 0 Å². The lowest BCUT2D eigenvalue weighted by Gasteiger charge is -2.33. The van der Waals surface area contributed by atoms with Crippen LogP contribution in [-0.4, -0.2) is 33.9 Å². The maximum absolute atomic E-state index is 11.1. The SMILES string of the molecule is Cc1cc(N2CCC[C@@H](c3ccc(C(N)=O)cn3)C2)ncn1. The molecular formula is C16H19N5O. The van der Waals surface area contributed by atoms with Crippen LogP contribution < -0.4 is 10.6 Å². The molecule has 1 fully saturated rings. The van der Waals surface area contributed by atoms with Gasteiger partial charge in [0.15, 0.2) is 0 Å². The third-order valence-corrected chi connectivity index (χ3v) is 4.02. The molecule has 0 saturated carbocycles. The predicted molar refractivity (Wildman–Crippen MR) is 83.7 cm³/mol. The second-order valence-electron chi connectivity index (χ2n) is 5.64. The van der Waals surface area contributed by atoms with Gasteiger partial charge in [-0.2, -0.15) is 0 Å². The number of carbonyl (C=O) groups excluding carboxylic acids is 1. The number of piperidine rings is 1. The molecule has 1 amide bonds. The first-order valence-corrected chi connectivity index (χ1v) is 7.43. The van der Waals surface area contributed by atoms with Gasteiger partial charge in [0, 0.05) is 42.7 Å². The van der Waals surface area contributed by atoms with Crippen LogP contribution in [0.5, 0.6) is 0 Å². The first-order valence-electron chi connectivity index (χ1n) is 7.43. The standard InChI is InChI=1S/C16H19N5O/c1-11-7-15(20-10-19-11)21-6-2-3-13(9-21)14-5-4-12(8-18-14)16(17)22/h4-5,7-8,10,13H,2-3,6,9H2,1H3,(H2,17,22)/t13-/m1/s1. The summed E-state index contributed by atoms with van der Waals surface area (Å²) >= 11 is 0. The molecule has 6 heteroatoms. The molecule has 1 aliphatic rings. The summed E-state index contributed by atoms with van der Waals surface area (Å²) in [5.74, 6) is 0.859. The molecule has 3 heterocycles. The second-order valence-corrected chi connectivity index (χ2v) is 5.64. The number of pyridine rings is 1. The van der Waals surface area contributed by atoms with Crippen LogP contribution in [0, 0.1) is 6.92 Å². The number of hydrogen-bond donors (Lipinski definition) is 1. The minimum Gasteiger partial charge on any atom is -0.366 e. The summed E-state index contributed by atoms with van der Waals surface area (Å²) in [4.78, 5) is 26.3. The van der Waals surface area contributed by atoms with Crippen molar-refractivity contribution in [1.29, 1.82) is 0 Å². The average molecular weight is 297 g/mol. The van der Waals surface area contributed by atoms with Gasteiger partial charge in [-0.05, 0) is 31.9 Å². The molecule has 1 aliphatic heterocycles. The number of hydrogen-bond acceptors (Lipinski definition) is 5. The van der Waals surface area contributed by atoms with Crippen LogP contribution in [0.25, 0.3) is 0 Å². The zero-order valence-corrected chi connectivity index (χ0v) is 12.6. The highest BCUT2D eigenvalue weighted by Crippen LogP contribution is 2.28. The minimum atomic E-state index is -0.444. The third kappa shape index (κ3) is 3.05. The van der Waals surface area contributed by atoms with Crippen molar-refractivity contribution < 1.29 is 4.79 Å². The van der Waals surface area contributed by atoms with Crippen LogP contribution in [0.4, 0.5) is 5.82 Å². The van der Waals surface area contributed by atoms with E-state index in [1.807, 2.05) is 19.1 Å². The number of anilines is 1. The number of aromatic nitrogens is 3. The first kappa shape index (κ1) is 14.4. The molecule has 0 bridgehead atoms. The maximum Gasteiger partial charge on any atom is 0.250 e. The molecule has 1 saturated heterocycles. The molecule has 22 heavy (non-hydrogen) atoms. The van der Waals surface area contributed by atoms with E-state index in [0.29, 0.717) is 11.5 Å². The second kappa shape index (κ2) is 6.09. The summed E-state index contributed by atoms with van der Waals surface area (Å²) in [5.41, 5.74) is 7.67. The number of carbonyl (C=O) groups is 1. The van der Waals surface area contributed by atoms with Crippen LogP contribution in [0.3, 0.4) is 0 Å². The molecule has 2 N–H and O–H groups in total. The average Bonchev–Trinajstić information content (AvgIpc) is 2.55. The Labute approximate surface area is 129 Å². The van der Waals surface area contributed by atoms with Gasteiger partial charge in [0.1, 0.15) is 12.1 Å². The number of nitrogens with zero attached hydrogens (tertiary/aromatic N) is 4. The zero-order valence-electron chi connectivity index (χ0n) is 12.6. The molecule has 2 aromatic rings. The van der Waals surface area contributed by atoms with E-state index >= 15 is 0 Å². The fourth-order valence-electron chi connectivity index (χ4n) is 2.83. The summed E-state index contributed by atoms with van der Waals surface area (Å²) < 4.78 is 0. The molecule has 0 aromatic carbocycles. The van der Waals surface area contributed by atoms with Crippen molar-refractivity contribution in [3.63, 3.8) is 0 Å². The summed E-state index contributed by atoms with van der Waals surface area (Å²) in [6.07, 6.45) is 5.34. The van der Waals surface area contributed by atoms with Gasteiger partial charge in [0.2, 0.25) is 5.91 Å². The fraction of sp³-hybridized carbons (Fsp3) is 0.375. The Kier molecular flexibility index (Phi) is 4.00. The molecule has 0 spiro atoms. The monoisotopic (exact) mass is 297 g/mol. The molecular weight excluding hydrogens is 278 g/mol. The summed E-state index contributed by atoms with van der Waals surface area (Å²) in [7, 11) is 0. The molecule has 1 atom stereocenters. The molecule has 0 radical (unpaired) electrons. The van der Waals surface area contributed by atoms with Crippen molar-refractivity contribution in [2.75, 3.05) is 18.0 Å². The fourth-order valence-corrected chi connectivity index (χ4v) is 2.83. The van der Waals surface area contributed by atoms with E-state index in [2.05, 4.69) is 19.9 Å². The van der Waals surface area contributed by atoms with E-state index in [-0.39, 0.29) is 0 Å². The summed E-state index contributed by atoms with van der Waals surface area (Å²) in [6, 6.07) is 5.66. The zero-order chi connectivity index (χ0) is 15.5. The molecule has 6 nitrogen and oxygen atoms in total. The van der Waals surface area contributed by atoms with Gasteiger partial charge in [-0.1, -0.05) is 0 Å². The first-order chi connectivity index (χ1) is 10.6. The van der Waals surface area contributed by atoms with E-state index in [4.69, 9.17) is 5.73 Å². The highest BCUT2D eigenvalue weighted by Gasteiger charge is 2.23. The van der Waals surface area contributed by atoms with E-state index in [9.17, 15) is 4.79 Å². The number of nitrogens with two attached hydrogens (primary N) is 1. The summed E-state index contributed by atoms with van der Waals surface area (Å²) in [6.45, 7) is 3.84. The van der Waals surface area contributed by atoms with Crippen molar-refractivity contribution in [2.45, 2.75) is 25.7 Å². The normalized spacial score (nSPS) is 18.2. The Morgan fingerprint density at radius 2 is 2.18 bits per heavy atom. The number of amides is 1. The molecule has 0 aliphatic carbocycles. The lowest BCUT2D eigenvalue weighted by molar-refractivity contribution is 0.1000. The van der Waals surface area contributed by atoms with Crippen LogP contribution in [0.1, 0.15) is 40.5 Å². The molecule has 114 valence electrons. The smallest absolute Gasteiger partial charge is 0.250 e. The van der Waals surface area contributed by atoms with Crippen molar-refractivity contribution in [3.05, 3.63) is 47.7 Å². The summed E-state index contributed by atoms with van der Waals surface area (Å²) in [5, 5.41) is 0. The van der Waals surface area contributed by atoms with Gasteiger partial charge >= 0.3 is 0 Å². The lowest BCUT2D eigenvalue weighted by atomic mass is 9.94. The van der Waals surface area contributed by atoms with Crippen LogP contribution in [0.15, 0.2) is 30.7 Å². The molecule has 3 rings (SSSR count). The third-order valence-electron chi connectivity index (χ3n) is 4.02. The number of rotatable bonds is 3. The Bertz CT molecular complexity index is 670. The van der Waals surface area contributed by atoms with Crippen LogP contribution >= 0.6 is 0 Å². The highest BCUT2D eigenvalue weighted by molar-refractivity contribution is 5.92. The van der Waals surface area contributed by atoms with E-state index in [1.54, 1.807) is 18.6 Å². The van der Waals surface area contributed by atoms with Gasteiger partial charge in [0.05, 0.1) is 5.56 Å². The van der Waals surface area contributed by atoms with E-state index < -0.39 is 5.91 Å². The number of primary amides is 1.